The SMILES string of the molecule is CCC(CC)C(=O)N[C@@H](c1cnn(C)c1)C(F)(F)F. The zero-order valence-corrected chi connectivity index (χ0v) is 11.2. The molecule has 4 nitrogen and oxygen atoms in total. The summed E-state index contributed by atoms with van der Waals surface area (Å²) in [5, 5.41) is 5.78. The Morgan fingerprint density at radius 3 is 2.37 bits per heavy atom. The predicted molar refractivity (Wildman–Crippen MR) is 64.2 cm³/mol. The highest BCUT2D eigenvalue weighted by Crippen LogP contribution is 2.32. The summed E-state index contributed by atoms with van der Waals surface area (Å²) in [6, 6.07) is -2.01. The summed E-state index contributed by atoms with van der Waals surface area (Å²) in [5.74, 6) is -0.974. The molecule has 0 unspecified atom stereocenters. The number of hydrogen-bond acceptors (Lipinski definition) is 2. The number of halogens is 3. The van der Waals surface area contributed by atoms with Crippen LogP contribution in [0.3, 0.4) is 0 Å². The molecule has 0 aliphatic carbocycles. The minimum Gasteiger partial charge on any atom is -0.340 e. The van der Waals surface area contributed by atoms with Gasteiger partial charge in [-0.25, -0.2) is 0 Å². The highest BCUT2D eigenvalue weighted by Gasteiger charge is 2.43. The summed E-state index contributed by atoms with van der Waals surface area (Å²) < 4.78 is 40.3. The molecule has 0 fully saturated rings. The van der Waals surface area contributed by atoms with E-state index in [9.17, 15) is 18.0 Å². The molecule has 0 bridgehead atoms. The molecular weight excluding hydrogens is 259 g/mol. The Kier molecular flexibility index (Phi) is 4.97. The van der Waals surface area contributed by atoms with Gasteiger partial charge in [0.1, 0.15) is 0 Å². The van der Waals surface area contributed by atoms with Crippen LogP contribution in [-0.4, -0.2) is 21.9 Å². The first-order valence-corrected chi connectivity index (χ1v) is 6.15. The Hall–Kier alpha value is -1.53. The largest absolute Gasteiger partial charge is 0.412 e. The van der Waals surface area contributed by atoms with Crippen molar-refractivity contribution in [3.05, 3.63) is 18.0 Å². The number of carbonyl (C=O) groups is 1. The predicted octanol–water partition coefficient (Wildman–Crippen LogP) is 2.58. The zero-order chi connectivity index (χ0) is 14.6. The molecule has 0 aliphatic heterocycles. The van der Waals surface area contributed by atoms with Gasteiger partial charge in [-0.3, -0.25) is 9.48 Å². The van der Waals surface area contributed by atoms with Crippen LogP contribution in [-0.2, 0) is 11.8 Å². The molecule has 1 N–H and O–H groups in total. The summed E-state index contributed by atoms with van der Waals surface area (Å²) >= 11 is 0. The van der Waals surface area contributed by atoms with Gasteiger partial charge >= 0.3 is 6.18 Å². The maximum Gasteiger partial charge on any atom is 0.412 e. The second-order valence-corrected chi connectivity index (χ2v) is 4.44. The van der Waals surface area contributed by atoms with Crippen molar-refractivity contribution in [2.75, 3.05) is 0 Å². The fraction of sp³-hybridized carbons (Fsp3) is 0.667. The average molecular weight is 277 g/mol. The van der Waals surface area contributed by atoms with E-state index in [1.165, 1.54) is 17.9 Å². The number of aryl methyl sites for hydroxylation is 1. The lowest BCUT2D eigenvalue weighted by Crippen LogP contribution is -2.40. The van der Waals surface area contributed by atoms with Crippen molar-refractivity contribution in [1.82, 2.24) is 15.1 Å². The lowest BCUT2D eigenvalue weighted by Gasteiger charge is -2.23. The molecule has 0 aliphatic rings. The fourth-order valence-corrected chi connectivity index (χ4v) is 1.86. The van der Waals surface area contributed by atoms with Crippen molar-refractivity contribution >= 4 is 5.91 Å². The first-order chi connectivity index (χ1) is 8.79. The van der Waals surface area contributed by atoms with Crippen molar-refractivity contribution < 1.29 is 18.0 Å². The van der Waals surface area contributed by atoms with Crippen LogP contribution >= 0.6 is 0 Å². The zero-order valence-electron chi connectivity index (χ0n) is 11.2. The normalized spacial score (nSPS) is 13.6. The van der Waals surface area contributed by atoms with Gasteiger partial charge in [-0.05, 0) is 12.8 Å². The van der Waals surface area contributed by atoms with Gasteiger partial charge in [0.25, 0.3) is 0 Å². The van der Waals surface area contributed by atoms with Crippen LogP contribution in [0.2, 0.25) is 0 Å². The van der Waals surface area contributed by atoms with Crippen LogP contribution in [0.1, 0.15) is 38.3 Å². The molecule has 1 amide bonds. The molecule has 108 valence electrons. The molecular formula is C12H18F3N3O. The summed E-state index contributed by atoms with van der Waals surface area (Å²) in [6.07, 6.45) is -1.14. The van der Waals surface area contributed by atoms with E-state index in [1.54, 1.807) is 13.8 Å². The molecule has 1 aromatic rings. The third kappa shape index (κ3) is 3.97. The quantitative estimate of drug-likeness (QED) is 0.899. The van der Waals surface area contributed by atoms with Crippen molar-refractivity contribution in [3.8, 4) is 0 Å². The van der Waals surface area contributed by atoms with Crippen LogP contribution in [0.15, 0.2) is 12.4 Å². The maximum absolute atomic E-state index is 13.0. The molecule has 1 heterocycles. The standard InChI is InChI=1S/C12H18F3N3O/c1-4-8(5-2)11(19)17-10(12(13,14)15)9-6-16-18(3)7-9/h6-8,10H,4-5H2,1-3H3,(H,17,19)/t10-/m0/s1. The van der Waals surface area contributed by atoms with Gasteiger partial charge in [-0.15, -0.1) is 0 Å². The second-order valence-electron chi connectivity index (χ2n) is 4.44. The second kappa shape index (κ2) is 6.08. The third-order valence-corrected chi connectivity index (χ3v) is 3.03. The van der Waals surface area contributed by atoms with E-state index < -0.39 is 24.0 Å². The number of nitrogens with zero attached hydrogens (tertiary/aromatic N) is 2. The number of aromatic nitrogens is 2. The van der Waals surface area contributed by atoms with E-state index >= 15 is 0 Å². The van der Waals surface area contributed by atoms with Crippen LogP contribution in [0.5, 0.6) is 0 Å². The van der Waals surface area contributed by atoms with Gasteiger partial charge < -0.3 is 5.32 Å². The minimum atomic E-state index is -4.54. The van der Waals surface area contributed by atoms with E-state index in [0.29, 0.717) is 12.8 Å². The number of nitrogens with one attached hydrogen (secondary N) is 1. The highest BCUT2D eigenvalue weighted by atomic mass is 19.4. The van der Waals surface area contributed by atoms with E-state index in [0.717, 1.165) is 6.20 Å². The molecule has 0 radical (unpaired) electrons. The minimum absolute atomic E-state index is 0.0608. The Morgan fingerprint density at radius 1 is 1.42 bits per heavy atom. The number of hydrogen-bond donors (Lipinski definition) is 1. The summed E-state index contributed by atoms with van der Waals surface area (Å²) in [6.45, 7) is 3.56. The van der Waals surface area contributed by atoms with Crippen LogP contribution < -0.4 is 5.32 Å². The lowest BCUT2D eigenvalue weighted by molar-refractivity contribution is -0.164. The number of rotatable bonds is 5. The maximum atomic E-state index is 13.0. The Morgan fingerprint density at radius 2 is 2.00 bits per heavy atom. The van der Waals surface area contributed by atoms with Crippen LogP contribution in [0.25, 0.3) is 0 Å². The molecule has 1 atom stereocenters. The molecule has 0 saturated heterocycles. The number of amides is 1. The molecule has 0 aromatic carbocycles. The molecule has 19 heavy (non-hydrogen) atoms. The molecule has 0 spiro atoms. The van der Waals surface area contributed by atoms with Crippen molar-refractivity contribution in [2.24, 2.45) is 13.0 Å². The average Bonchev–Trinajstić information content (AvgIpc) is 2.72. The Balaban J connectivity index is 2.91. The smallest absolute Gasteiger partial charge is 0.340 e. The van der Waals surface area contributed by atoms with E-state index in [2.05, 4.69) is 10.4 Å². The summed E-state index contributed by atoms with van der Waals surface area (Å²) in [5.41, 5.74) is -0.0608. The first kappa shape index (κ1) is 15.5. The first-order valence-electron chi connectivity index (χ1n) is 6.15. The molecule has 1 aromatic heterocycles. The van der Waals surface area contributed by atoms with Gasteiger partial charge in [0.15, 0.2) is 6.04 Å². The highest BCUT2D eigenvalue weighted by molar-refractivity contribution is 5.79. The van der Waals surface area contributed by atoms with E-state index in [-0.39, 0.29) is 5.56 Å². The third-order valence-electron chi connectivity index (χ3n) is 3.03. The van der Waals surface area contributed by atoms with Gasteiger partial charge in [0, 0.05) is 24.7 Å². The molecule has 0 saturated carbocycles. The fourth-order valence-electron chi connectivity index (χ4n) is 1.86. The monoisotopic (exact) mass is 277 g/mol. The van der Waals surface area contributed by atoms with E-state index in [4.69, 9.17) is 0 Å². The molecule has 1 rings (SSSR count). The van der Waals surface area contributed by atoms with Gasteiger partial charge in [-0.2, -0.15) is 18.3 Å². The number of carbonyl (C=O) groups excluding carboxylic acids is 1. The topological polar surface area (TPSA) is 46.9 Å². The van der Waals surface area contributed by atoms with Crippen molar-refractivity contribution in [2.45, 2.75) is 38.9 Å². The summed E-state index contributed by atoms with van der Waals surface area (Å²) in [7, 11) is 1.53. The number of alkyl halides is 3. The van der Waals surface area contributed by atoms with Crippen LogP contribution in [0, 0.1) is 5.92 Å². The Bertz CT molecular complexity index is 424. The van der Waals surface area contributed by atoms with Gasteiger partial charge in [-0.1, -0.05) is 13.8 Å². The van der Waals surface area contributed by atoms with Crippen molar-refractivity contribution in [1.29, 1.82) is 0 Å². The van der Waals surface area contributed by atoms with Crippen LogP contribution in [0.4, 0.5) is 13.2 Å². The van der Waals surface area contributed by atoms with Gasteiger partial charge in [0.05, 0.1) is 6.20 Å². The van der Waals surface area contributed by atoms with E-state index in [1.807, 2.05) is 0 Å². The molecule has 7 heteroatoms. The van der Waals surface area contributed by atoms with Crippen molar-refractivity contribution in [3.63, 3.8) is 0 Å². The Labute approximate surface area is 110 Å². The lowest BCUT2D eigenvalue weighted by atomic mass is 10.0. The summed E-state index contributed by atoms with van der Waals surface area (Å²) in [4.78, 5) is 11.8. The van der Waals surface area contributed by atoms with Gasteiger partial charge in [0.2, 0.25) is 5.91 Å².